The van der Waals surface area contributed by atoms with Crippen molar-refractivity contribution in [3.05, 3.63) is 52.6 Å². The highest BCUT2D eigenvalue weighted by atomic mass is 35.5. The molecular formula is C27H32ClN5O4. The number of rotatable bonds is 8. The van der Waals surface area contributed by atoms with Gasteiger partial charge in [0.2, 0.25) is 11.7 Å². The molecule has 10 heteroatoms. The largest absolute Gasteiger partial charge is 0.490 e. The lowest BCUT2D eigenvalue weighted by molar-refractivity contribution is -0.122. The predicted octanol–water partition coefficient (Wildman–Crippen LogP) is 3.65. The number of ether oxygens (including phenoxy) is 1. The van der Waals surface area contributed by atoms with Crippen molar-refractivity contribution in [3.63, 3.8) is 0 Å². The summed E-state index contributed by atoms with van der Waals surface area (Å²) in [4.78, 5) is 18.8. The molecule has 4 rings (SSSR count). The Morgan fingerprint density at radius 2 is 2.08 bits per heavy atom. The normalized spacial score (nSPS) is 13.9. The van der Waals surface area contributed by atoms with Crippen molar-refractivity contribution in [2.24, 2.45) is 0 Å². The molecule has 1 amide bonds. The van der Waals surface area contributed by atoms with Crippen LogP contribution in [0.15, 0.2) is 34.9 Å². The quantitative estimate of drug-likeness (QED) is 0.456. The standard InChI is InChI=1S/C27H31N5O4.ClH/c1-16(2)35-24-8-6-19(11-21(24)12-28)27-30-26(31-36-27)23-7-5-20-14-32(10-9-22(20)18(23)4)15-25(34)29-13-17(3)33;/h5-8,11,16-17,33H,9-10,13-15H2,1-4H3,(H,29,34);1H/t17-;/m1./s1. The van der Waals surface area contributed by atoms with Gasteiger partial charge in [-0.25, -0.2) is 0 Å². The van der Waals surface area contributed by atoms with E-state index < -0.39 is 6.10 Å². The van der Waals surface area contributed by atoms with Gasteiger partial charge in [0, 0.05) is 30.8 Å². The number of carbonyl (C=O) groups is 1. The van der Waals surface area contributed by atoms with Gasteiger partial charge in [0.25, 0.3) is 5.89 Å². The minimum Gasteiger partial charge on any atom is -0.490 e. The lowest BCUT2D eigenvalue weighted by Crippen LogP contribution is -2.41. The maximum absolute atomic E-state index is 12.1. The minimum atomic E-state index is -0.561. The molecule has 0 spiro atoms. The van der Waals surface area contributed by atoms with Gasteiger partial charge in [0.1, 0.15) is 11.8 Å². The van der Waals surface area contributed by atoms with Crippen LogP contribution >= 0.6 is 12.4 Å². The fourth-order valence-corrected chi connectivity index (χ4v) is 4.35. The van der Waals surface area contributed by atoms with Gasteiger partial charge in [-0.3, -0.25) is 9.69 Å². The van der Waals surface area contributed by atoms with Crippen LogP contribution in [0.1, 0.15) is 43.0 Å². The molecule has 0 radical (unpaired) electrons. The lowest BCUT2D eigenvalue weighted by atomic mass is 9.91. The van der Waals surface area contributed by atoms with E-state index in [-0.39, 0.29) is 31.0 Å². The van der Waals surface area contributed by atoms with Gasteiger partial charge in [-0.1, -0.05) is 17.3 Å². The zero-order valence-electron chi connectivity index (χ0n) is 21.4. The summed E-state index contributed by atoms with van der Waals surface area (Å²) in [6.07, 6.45) is 0.213. The molecule has 1 aliphatic rings. The smallest absolute Gasteiger partial charge is 0.258 e. The number of hydrogen-bond donors (Lipinski definition) is 2. The van der Waals surface area contributed by atoms with Crippen molar-refractivity contribution in [1.29, 1.82) is 5.26 Å². The number of aliphatic hydroxyl groups excluding tert-OH is 1. The first-order valence-electron chi connectivity index (χ1n) is 12.1. The van der Waals surface area contributed by atoms with Gasteiger partial charge >= 0.3 is 0 Å². The Bertz CT molecular complexity index is 1300. The molecule has 0 saturated heterocycles. The van der Waals surface area contributed by atoms with Gasteiger partial charge in [-0.05, 0) is 69.0 Å². The fraction of sp³-hybridized carbons (Fsp3) is 0.407. The molecule has 3 aromatic rings. The zero-order chi connectivity index (χ0) is 25.8. The second-order valence-electron chi connectivity index (χ2n) is 9.40. The lowest BCUT2D eigenvalue weighted by Gasteiger charge is -2.29. The van der Waals surface area contributed by atoms with Gasteiger partial charge in [0.15, 0.2) is 0 Å². The average molecular weight is 526 g/mol. The van der Waals surface area contributed by atoms with Gasteiger partial charge < -0.3 is 19.7 Å². The summed E-state index contributed by atoms with van der Waals surface area (Å²) in [5, 5.41) is 25.8. The number of benzene rings is 2. The first-order valence-corrected chi connectivity index (χ1v) is 12.1. The molecule has 1 atom stereocenters. The van der Waals surface area contributed by atoms with Crippen LogP contribution in [0, 0.1) is 18.3 Å². The fourth-order valence-electron chi connectivity index (χ4n) is 4.35. The minimum absolute atomic E-state index is 0. The third-order valence-corrected chi connectivity index (χ3v) is 6.11. The number of carbonyl (C=O) groups excluding carboxylic acids is 1. The molecule has 0 aliphatic carbocycles. The van der Waals surface area contributed by atoms with Crippen LogP contribution < -0.4 is 10.1 Å². The predicted molar refractivity (Wildman–Crippen MR) is 141 cm³/mol. The summed E-state index contributed by atoms with van der Waals surface area (Å²) in [7, 11) is 0. The van der Waals surface area contributed by atoms with E-state index in [0.29, 0.717) is 41.7 Å². The first kappa shape index (κ1) is 28.1. The second-order valence-corrected chi connectivity index (χ2v) is 9.40. The van der Waals surface area contributed by atoms with Crippen LogP contribution in [0.4, 0.5) is 0 Å². The Hall–Kier alpha value is -3.45. The molecule has 0 bridgehead atoms. The summed E-state index contributed by atoms with van der Waals surface area (Å²) in [6.45, 7) is 9.52. The number of nitriles is 1. The maximum Gasteiger partial charge on any atom is 0.258 e. The van der Waals surface area contributed by atoms with Crippen LogP contribution in [-0.4, -0.2) is 57.9 Å². The number of aromatic nitrogens is 2. The highest BCUT2D eigenvalue weighted by Crippen LogP contribution is 2.32. The molecule has 2 N–H and O–H groups in total. The number of nitrogens with one attached hydrogen (secondary N) is 1. The van der Waals surface area contributed by atoms with E-state index in [2.05, 4.69) is 39.4 Å². The molecular weight excluding hydrogens is 494 g/mol. The summed E-state index contributed by atoms with van der Waals surface area (Å²) >= 11 is 0. The Morgan fingerprint density at radius 3 is 2.78 bits per heavy atom. The third kappa shape index (κ3) is 6.66. The maximum atomic E-state index is 12.1. The third-order valence-electron chi connectivity index (χ3n) is 6.11. The van der Waals surface area contributed by atoms with Crippen LogP contribution in [0.25, 0.3) is 22.8 Å². The highest BCUT2D eigenvalue weighted by molar-refractivity contribution is 5.85. The zero-order valence-corrected chi connectivity index (χ0v) is 22.3. The number of nitrogens with zero attached hydrogens (tertiary/aromatic N) is 4. The molecule has 196 valence electrons. The second kappa shape index (κ2) is 12.2. The van der Waals surface area contributed by atoms with Crippen LogP contribution in [0.3, 0.4) is 0 Å². The van der Waals surface area contributed by atoms with Crippen molar-refractivity contribution in [3.8, 4) is 34.7 Å². The monoisotopic (exact) mass is 525 g/mol. The van der Waals surface area contributed by atoms with E-state index >= 15 is 0 Å². The Morgan fingerprint density at radius 1 is 1.30 bits per heavy atom. The van der Waals surface area contributed by atoms with E-state index in [1.165, 1.54) is 11.1 Å². The van der Waals surface area contributed by atoms with Gasteiger partial charge in [0.05, 0.1) is 24.3 Å². The average Bonchev–Trinajstić information content (AvgIpc) is 3.33. The van der Waals surface area contributed by atoms with Crippen molar-refractivity contribution < 1.29 is 19.2 Å². The van der Waals surface area contributed by atoms with Crippen molar-refractivity contribution in [2.75, 3.05) is 19.6 Å². The molecule has 0 fully saturated rings. The van der Waals surface area contributed by atoms with E-state index in [1.807, 2.05) is 26.0 Å². The van der Waals surface area contributed by atoms with Crippen molar-refractivity contribution in [1.82, 2.24) is 20.4 Å². The molecule has 9 nitrogen and oxygen atoms in total. The molecule has 1 aliphatic heterocycles. The molecule has 1 aromatic heterocycles. The Balaban J connectivity index is 0.00000380. The van der Waals surface area contributed by atoms with E-state index in [1.54, 1.807) is 19.1 Å². The van der Waals surface area contributed by atoms with Crippen molar-refractivity contribution >= 4 is 18.3 Å². The first-order chi connectivity index (χ1) is 17.2. The number of hydrogen-bond acceptors (Lipinski definition) is 8. The van der Waals surface area contributed by atoms with E-state index in [4.69, 9.17) is 9.26 Å². The SMILES string of the molecule is Cc1c(-c2noc(-c3ccc(OC(C)C)c(C#N)c3)n2)ccc2c1CCN(CC(=O)NC[C@@H](C)O)C2.Cl. The molecule has 37 heavy (non-hydrogen) atoms. The van der Waals surface area contributed by atoms with Gasteiger partial charge in [-0.2, -0.15) is 10.2 Å². The Kier molecular flexibility index (Phi) is 9.27. The number of halogens is 1. The number of aliphatic hydroxyl groups is 1. The molecule has 2 aromatic carbocycles. The van der Waals surface area contributed by atoms with Crippen LogP contribution in [-0.2, 0) is 17.8 Å². The Labute approximate surface area is 222 Å². The summed E-state index contributed by atoms with van der Waals surface area (Å²) in [6, 6.07) is 11.5. The number of fused-ring (bicyclic) bond motifs is 1. The summed E-state index contributed by atoms with van der Waals surface area (Å²) in [5.74, 6) is 1.27. The van der Waals surface area contributed by atoms with Crippen LogP contribution in [0.2, 0.25) is 0 Å². The summed E-state index contributed by atoms with van der Waals surface area (Å²) < 4.78 is 11.2. The molecule has 0 unspecified atom stereocenters. The van der Waals surface area contributed by atoms with E-state index in [9.17, 15) is 15.2 Å². The van der Waals surface area contributed by atoms with Crippen LogP contribution in [0.5, 0.6) is 5.75 Å². The topological polar surface area (TPSA) is 125 Å². The number of amides is 1. The highest BCUT2D eigenvalue weighted by Gasteiger charge is 2.23. The molecule has 2 heterocycles. The molecule has 0 saturated carbocycles. The van der Waals surface area contributed by atoms with Crippen molar-refractivity contribution in [2.45, 2.75) is 52.9 Å². The van der Waals surface area contributed by atoms with E-state index in [0.717, 1.165) is 24.1 Å². The van der Waals surface area contributed by atoms with Gasteiger partial charge in [-0.15, -0.1) is 12.4 Å². The summed E-state index contributed by atoms with van der Waals surface area (Å²) in [5.41, 5.74) is 5.47.